The highest BCUT2D eigenvalue weighted by Gasteiger charge is 2.25. The van der Waals surface area contributed by atoms with Crippen molar-refractivity contribution in [2.24, 2.45) is 0 Å². The Morgan fingerprint density at radius 3 is 3.00 bits per heavy atom. The van der Waals surface area contributed by atoms with Crippen molar-refractivity contribution >= 4 is 5.91 Å². The lowest BCUT2D eigenvalue weighted by molar-refractivity contribution is 0.0731. The van der Waals surface area contributed by atoms with Crippen LogP contribution >= 0.6 is 0 Å². The molecule has 6 nitrogen and oxygen atoms in total. The van der Waals surface area contributed by atoms with E-state index in [1.165, 1.54) is 6.33 Å². The first-order valence-electron chi connectivity index (χ1n) is 6.54. The van der Waals surface area contributed by atoms with E-state index in [0.717, 1.165) is 0 Å². The zero-order chi connectivity index (χ0) is 14.8. The van der Waals surface area contributed by atoms with Gasteiger partial charge in [0.05, 0.1) is 35.8 Å². The summed E-state index contributed by atoms with van der Waals surface area (Å²) in [7, 11) is 0. The van der Waals surface area contributed by atoms with Gasteiger partial charge in [0, 0.05) is 12.1 Å². The summed E-state index contributed by atoms with van der Waals surface area (Å²) in [5.74, 6) is -0.208. The molecule has 6 heteroatoms. The Morgan fingerprint density at radius 2 is 2.19 bits per heavy atom. The number of fused-ring (bicyclic) bond motifs is 1. The summed E-state index contributed by atoms with van der Waals surface area (Å²) in [6.45, 7) is 0.734. The van der Waals surface area contributed by atoms with Gasteiger partial charge in [-0.2, -0.15) is 5.26 Å². The van der Waals surface area contributed by atoms with Crippen molar-refractivity contribution in [1.29, 1.82) is 5.26 Å². The van der Waals surface area contributed by atoms with E-state index >= 15 is 0 Å². The van der Waals surface area contributed by atoms with Crippen LogP contribution in [0.2, 0.25) is 0 Å². The molecule has 0 saturated carbocycles. The zero-order valence-corrected chi connectivity index (χ0v) is 11.2. The van der Waals surface area contributed by atoms with Gasteiger partial charge in [0.25, 0.3) is 11.5 Å². The fourth-order valence-corrected chi connectivity index (χ4v) is 2.48. The first-order chi connectivity index (χ1) is 10.2. The second kappa shape index (κ2) is 5.21. The molecule has 2 aromatic rings. The number of H-pyrrole nitrogens is 1. The number of nitrogens with zero attached hydrogens (tertiary/aromatic N) is 3. The fourth-order valence-electron chi connectivity index (χ4n) is 2.48. The molecule has 1 aliphatic rings. The van der Waals surface area contributed by atoms with Gasteiger partial charge >= 0.3 is 0 Å². The van der Waals surface area contributed by atoms with Crippen molar-refractivity contribution in [2.75, 3.05) is 6.54 Å². The third kappa shape index (κ3) is 2.30. The second-order valence-corrected chi connectivity index (χ2v) is 4.79. The number of rotatable bonds is 1. The molecule has 21 heavy (non-hydrogen) atoms. The first kappa shape index (κ1) is 13.1. The van der Waals surface area contributed by atoms with Gasteiger partial charge in [0.2, 0.25) is 0 Å². The molecule has 0 bridgehead atoms. The predicted octanol–water partition coefficient (Wildman–Crippen LogP) is 0.840. The minimum atomic E-state index is -0.208. The highest BCUT2D eigenvalue weighted by Crippen LogP contribution is 2.17. The third-order valence-electron chi connectivity index (χ3n) is 3.58. The van der Waals surface area contributed by atoms with Crippen molar-refractivity contribution in [3.63, 3.8) is 0 Å². The summed E-state index contributed by atoms with van der Waals surface area (Å²) in [4.78, 5) is 32.5. The average Bonchev–Trinajstić information content (AvgIpc) is 2.54. The number of carbonyl (C=O) groups excluding carboxylic acids is 1. The average molecular weight is 280 g/mol. The Morgan fingerprint density at radius 1 is 1.38 bits per heavy atom. The number of nitriles is 1. The molecular weight excluding hydrogens is 268 g/mol. The van der Waals surface area contributed by atoms with E-state index in [2.05, 4.69) is 9.97 Å². The number of aromatic nitrogens is 2. The van der Waals surface area contributed by atoms with Crippen molar-refractivity contribution in [1.82, 2.24) is 14.9 Å². The van der Waals surface area contributed by atoms with Crippen LogP contribution in [0.15, 0.2) is 35.4 Å². The molecule has 2 heterocycles. The van der Waals surface area contributed by atoms with Crippen LogP contribution in [-0.2, 0) is 13.0 Å². The standard InChI is InChI=1S/C15H12N4O2/c16-7-10-3-1-2-4-11(10)15(21)19-6-5-12-13(8-19)17-9-18-14(12)20/h1-4,9H,5-6,8H2,(H,17,18,20). The quantitative estimate of drug-likeness (QED) is 0.838. The molecular formula is C15H12N4O2. The maximum Gasteiger partial charge on any atom is 0.255 e. The Bertz CT molecular complexity index is 804. The van der Waals surface area contributed by atoms with Gasteiger partial charge in [-0.05, 0) is 18.6 Å². The topological polar surface area (TPSA) is 89.8 Å². The Balaban J connectivity index is 1.92. The Hall–Kier alpha value is -2.94. The Labute approximate surface area is 120 Å². The largest absolute Gasteiger partial charge is 0.332 e. The van der Waals surface area contributed by atoms with E-state index < -0.39 is 0 Å². The molecule has 0 spiro atoms. The minimum absolute atomic E-state index is 0.149. The summed E-state index contributed by atoms with van der Waals surface area (Å²) >= 11 is 0. The van der Waals surface area contributed by atoms with E-state index in [1.54, 1.807) is 29.2 Å². The summed E-state index contributed by atoms with van der Waals surface area (Å²) in [5, 5.41) is 9.08. The van der Waals surface area contributed by atoms with Gasteiger partial charge in [0.1, 0.15) is 0 Å². The van der Waals surface area contributed by atoms with Gasteiger partial charge in [-0.1, -0.05) is 12.1 Å². The SMILES string of the molecule is N#Cc1ccccc1C(=O)N1CCc2c(nc[nH]c2=O)C1. The van der Waals surface area contributed by atoms with E-state index in [1.807, 2.05) is 6.07 Å². The van der Waals surface area contributed by atoms with Crippen LogP contribution in [0.3, 0.4) is 0 Å². The molecule has 0 unspecified atom stereocenters. The number of hydrogen-bond donors (Lipinski definition) is 1. The molecule has 1 N–H and O–H groups in total. The first-order valence-corrected chi connectivity index (χ1v) is 6.54. The highest BCUT2D eigenvalue weighted by atomic mass is 16.2. The molecule has 0 fully saturated rings. The molecule has 1 amide bonds. The van der Waals surface area contributed by atoms with Gasteiger partial charge in [-0.15, -0.1) is 0 Å². The molecule has 0 saturated heterocycles. The summed E-state index contributed by atoms with van der Waals surface area (Å²) in [5.41, 5.74) is 1.84. The smallest absolute Gasteiger partial charge is 0.255 e. The van der Waals surface area contributed by atoms with E-state index in [-0.39, 0.29) is 18.0 Å². The second-order valence-electron chi connectivity index (χ2n) is 4.79. The normalized spacial score (nSPS) is 13.4. The monoisotopic (exact) mass is 280 g/mol. The lowest BCUT2D eigenvalue weighted by Gasteiger charge is -2.27. The lowest BCUT2D eigenvalue weighted by Crippen LogP contribution is -2.39. The van der Waals surface area contributed by atoms with Crippen LogP contribution in [0.25, 0.3) is 0 Å². The van der Waals surface area contributed by atoms with E-state index in [4.69, 9.17) is 5.26 Å². The fraction of sp³-hybridized carbons (Fsp3) is 0.200. The Kier molecular flexibility index (Phi) is 3.24. The van der Waals surface area contributed by atoms with Gasteiger partial charge in [-0.3, -0.25) is 9.59 Å². The highest BCUT2D eigenvalue weighted by molar-refractivity contribution is 5.96. The molecule has 104 valence electrons. The van der Waals surface area contributed by atoms with Crippen LogP contribution < -0.4 is 5.56 Å². The predicted molar refractivity (Wildman–Crippen MR) is 74.5 cm³/mol. The number of aromatic amines is 1. The summed E-state index contributed by atoms with van der Waals surface area (Å²) < 4.78 is 0. The van der Waals surface area contributed by atoms with Gasteiger partial charge in [0.15, 0.2) is 0 Å². The molecule has 1 aromatic heterocycles. The maximum absolute atomic E-state index is 12.5. The van der Waals surface area contributed by atoms with Crippen molar-refractivity contribution in [2.45, 2.75) is 13.0 Å². The molecule has 0 radical (unpaired) electrons. The van der Waals surface area contributed by atoms with Crippen LogP contribution in [0.4, 0.5) is 0 Å². The number of amides is 1. The number of benzene rings is 1. The van der Waals surface area contributed by atoms with Crippen molar-refractivity contribution in [3.05, 3.63) is 63.3 Å². The van der Waals surface area contributed by atoms with Crippen LogP contribution in [0.5, 0.6) is 0 Å². The van der Waals surface area contributed by atoms with Crippen LogP contribution in [0, 0.1) is 11.3 Å². The number of carbonyl (C=O) groups is 1. The van der Waals surface area contributed by atoms with Crippen LogP contribution in [0.1, 0.15) is 27.2 Å². The minimum Gasteiger partial charge on any atom is -0.332 e. The van der Waals surface area contributed by atoms with E-state index in [0.29, 0.717) is 35.3 Å². The summed E-state index contributed by atoms with van der Waals surface area (Å²) in [6, 6.07) is 8.74. The van der Waals surface area contributed by atoms with Crippen LogP contribution in [-0.4, -0.2) is 27.3 Å². The lowest BCUT2D eigenvalue weighted by atomic mass is 10.0. The van der Waals surface area contributed by atoms with E-state index in [9.17, 15) is 9.59 Å². The van der Waals surface area contributed by atoms with Crippen molar-refractivity contribution < 1.29 is 4.79 Å². The zero-order valence-electron chi connectivity index (χ0n) is 11.2. The molecule has 1 aromatic carbocycles. The van der Waals surface area contributed by atoms with Crippen molar-refractivity contribution in [3.8, 4) is 6.07 Å². The number of nitrogens with one attached hydrogen (secondary N) is 1. The van der Waals surface area contributed by atoms with Gasteiger partial charge < -0.3 is 9.88 Å². The molecule has 3 rings (SSSR count). The molecule has 1 aliphatic heterocycles. The molecule has 0 atom stereocenters. The number of hydrogen-bond acceptors (Lipinski definition) is 4. The summed E-state index contributed by atoms with van der Waals surface area (Å²) in [6.07, 6.45) is 1.82. The molecule has 0 aliphatic carbocycles. The third-order valence-corrected chi connectivity index (χ3v) is 3.58. The van der Waals surface area contributed by atoms with Gasteiger partial charge in [-0.25, -0.2) is 4.98 Å². The maximum atomic E-state index is 12.5.